The van der Waals surface area contributed by atoms with Crippen molar-refractivity contribution in [2.75, 3.05) is 6.61 Å². The molecule has 1 N–H and O–H groups in total. The van der Waals surface area contributed by atoms with Gasteiger partial charge in [-0.05, 0) is 44.5 Å². The molecule has 0 bridgehead atoms. The zero-order valence-corrected chi connectivity index (χ0v) is 16.6. The lowest BCUT2D eigenvalue weighted by molar-refractivity contribution is 0.0926. The Kier molecular flexibility index (Phi) is 4.47. The molecule has 0 spiro atoms. The maximum Gasteiger partial charge on any atom is 0.294 e. The van der Waals surface area contributed by atoms with Crippen molar-refractivity contribution in [1.29, 1.82) is 0 Å². The molecule has 2 aromatic carbocycles. The van der Waals surface area contributed by atoms with Crippen molar-refractivity contribution in [3.8, 4) is 11.5 Å². The molecule has 1 atom stereocenters. The Labute approximate surface area is 163 Å². The second kappa shape index (κ2) is 6.72. The third-order valence-electron chi connectivity index (χ3n) is 4.82. The van der Waals surface area contributed by atoms with Gasteiger partial charge in [-0.2, -0.15) is 8.42 Å². The SMILES string of the molecule is Cc1ccc(S(=O)(=O)O)c(CC2COc3ccc4nc(C)c(C)nc4c3O2)c1. The van der Waals surface area contributed by atoms with Gasteiger partial charge in [-0.1, -0.05) is 17.7 Å². The largest absolute Gasteiger partial charge is 0.486 e. The number of fused-ring (bicyclic) bond motifs is 3. The van der Waals surface area contributed by atoms with Gasteiger partial charge in [0, 0.05) is 6.42 Å². The number of rotatable bonds is 3. The Morgan fingerprint density at radius 3 is 2.61 bits per heavy atom. The maximum absolute atomic E-state index is 11.7. The summed E-state index contributed by atoms with van der Waals surface area (Å²) in [7, 11) is -4.33. The molecule has 7 nitrogen and oxygen atoms in total. The van der Waals surface area contributed by atoms with Crippen LogP contribution in [-0.4, -0.2) is 35.6 Å². The van der Waals surface area contributed by atoms with E-state index in [0.29, 0.717) is 28.1 Å². The number of hydrogen-bond donors (Lipinski definition) is 1. The molecule has 0 radical (unpaired) electrons. The van der Waals surface area contributed by atoms with Crippen LogP contribution in [0.4, 0.5) is 0 Å². The minimum Gasteiger partial charge on any atom is -0.486 e. The lowest BCUT2D eigenvalue weighted by Crippen LogP contribution is -2.31. The summed E-state index contributed by atoms with van der Waals surface area (Å²) in [4.78, 5) is 9.02. The monoisotopic (exact) mass is 400 g/mol. The Morgan fingerprint density at radius 1 is 1.11 bits per heavy atom. The van der Waals surface area contributed by atoms with Crippen molar-refractivity contribution < 1.29 is 22.4 Å². The standard InChI is InChI=1S/C20H20N2O5S/c1-11-4-7-18(28(23,24)25)14(8-11)9-15-10-26-17-6-5-16-19(20(17)27-15)22-13(3)12(2)21-16/h4-8,15H,9-10H2,1-3H3,(H,23,24,25). The lowest BCUT2D eigenvalue weighted by Gasteiger charge is -2.27. The molecule has 146 valence electrons. The molecule has 0 fully saturated rings. The van der Waals surface area contributed by atoms with E-state index < -0.39 is 16.2 Å². The number of ether oxygens (including phenoxy) is 2. The highest BCUT2D eigenvalue weighted by molar-refractivity contribution is 7.85. The van der Waals surface area contributed by atoms with Crippen molar-refractivity contribution in [2.45, 2.75) is 38.2 Å². The van der Waals surface area contributed by atoms with Crippen molar-refractivity contribution in [2.24, 2.45) is 0 Å². The van der Waals surface area contributed by atoms with Crippen LogP contribution in [0.1, 0.15) is 22.5 Å². The van der Waals surface area contributed by atoms with Gasteiger partial charge in [-0.3, -0.25) is 4.55 Å². The fraction of sp³-hybridized carbons (Fsp3) is 0.300. The topological polar surface area (TPSA) is 98.6 Å². The van der Waals surface area contributed by atoms with Gasteiger partial charge in [0.1, 0.15) is 18.2 Å². The smallest absolute Gasteiger partial charge is 0.294 e. The summed E-state index contributed by atoms with van der Waals surface area (Å²) in [5, 5.41) is 0. The van der Waals surface area contributed by atoms with E-state index in [1.54, 1.807) is 18.2 Å². The second-order valence-corrected chi connectivity index (χ2v) is 8.39. The Balaban J connectivity index is 1.71. The van der Waals surface area contributed by atoms with Crippen molar-refractivity contribution in [3.05, 3.63) is 52.8 Å². The van der Waals surface area contributed by atoms with Gasteiger partial charge in [0.25, 0.3) is 10.1 Å². The van der Waals surface area contributed by atoms with Crippen LogP contribution in [0.3, 0.4) is 0 Å². The third-order valence-corrected chi connectivity index (χ3v) is 5.77. The first-order chi connectivity index (χ1) is 13.2. The highest BCUT2D eigenvalue weighted by atomic mass is 32.2. The zero-order valence-electron chi connectivity index (χ0n) is 15.8. The second-order valence-electron chi connectivity index (χ2n) is 7.00. The summed E-state index contributed by atoms with van der Waals surface area (Å²) in [6, 6.07) is 8.43. The van der Waals surface area contributed by atoms with Crippen LogP contribution >= 0.6 is 0 Å². The molecule has 0 aliphatic carbocycles. The quantitative estimate of drug-likeness (QED) is 0.674. The Bertz CT molecular complexity index is 1190. The summed E-state index contributed by atoms with van der Waals surface area (Å²) in [6.45, 7) is 5.90. The highest BCUT2D eigenvalue weighted by Gasteiger charge is 2.27. The van der Waals surface area contributed by atoms with E-state index in [9.17, 15) is 13.0 Å². The molecular weight excluding hydrogens is 380 g/mol. The van der Waals surface area contributed by atoms with E-state index in [0.717, 1.165) is 17.0 Å². The molecule has 3 aromatic rings. The number of nitrogens with zero attached hydrogens (tertiary/aromatic N) is 2. The summed E-state index contributed by atoms with van der Waals surface area (Å²) < 4.78 is 44.9. The molecule has 1 aliphatic heterocycles. The van der Waals surface area contributed by atoms with Crippen LogP contribution in [-0.2, 0) is 16.5 Å². The molecule has 28 heavy (non-hydrogen) atoms. The zero-order chi connectivity index (χ0) is 20.1. The molecule has 1 unspecified atom stereocenters. The molecule has 8 heteroatoms. The third kappa shape index (κ3) is 3.41. The van der Waals surface area contributed by atoms with E-state index in [1.165, 1.54) is 6.07 Å². The van der Waals surface area contributed by atoms with Gasteiger partial charge >= 0.3 is 0 Å². The molecule has 1 aliphatic rings. The normalized spacial score (nSPS) is 16.4. The highest BCUT2D eigenvalue weighted by Crippen LogP contribution is 2.38. The molecule has 2 heterocycles. The minimum atomic E-state index is -4.33. The first-order valence-electron chi connectivity index (χ1n) is 8.87. The molecule has 0 saturated carbocycles. The Hall–Kier alpha value is -2.71. The molecule has 0 amide bonds. The summed E-state index contributed by atoms with van der Waals surface area (Å²) in [5.74, 6) is 1.09. The van der Waals surface area contributed by atoms with E-state index in [-0.39, 0.29) is 17.9 Å². The van der Waals surface area contributed by atoms with Gasteiger partial charge in [0.05, 0.1) is 21.8 Å². The average molecular weight is 400 g/mol. The van der Waals surface area contributed by atoms with Crippen LogP contribution in [0.25, 0.3) is 11.0 Å². The summed E-state index contributed by atoms with van der Waals surface area (Å²) in [5.41, 5.74) is 4.35. The lowest BCUT2D eigenvalue weighted by atomic mass is 10.0. The van der Waals surface area contributed by atoms with Crippen molar-refractivity contribution in [3.63, 3.8) is 0 Å². The van der Waals surface area contributed by atoms with Gasteiger partial charge in [0.15, 0.2) is 11.5 Å². The maximum atomic E-state index is 11.7. The average Bonchev–Trinajstić information content (AvgIpc) is 2.62. The van der Waals surface area contributed by atoms with Crippen LogP contribution in [0.2, 0.25) is 0 Å². The number of aryl methyl sites for hydroxylation is 3. The van der Waals surface area contributed by atoms with Crippen LogP contribution in [0, 0.1) is 20.8 Å². The van der Waals surface area contributed by atoms with Gasteiger partial charge in [-0.25, -0.2) is 9.97 Å². The molecular formula is C20H20N2O5S. The van der Waals surface area contributed by atoms with Gasteiger partial charge in [-0.15, -0.1) is 0 Å². The minimum absolute atomic E-state index is 0.114. The van der Waals surface area contributed by atoms with Crippen molar-refractivity contribution >= 4 is 21.2 Å². The first kappa shape index (κ1) is 18.6. The predicted octanol–water partition coefficient (Wildman–Crippen LogP) is 3.18. The summed E-state index contributed by atoms with van der Waals surface area (Å²) >= 11 is 0. The van der Waals surface area contributed by atoms with Crippen LogP contribution < -0.4 is 9.47 Å². The van der Waals surface area contributed by atoms with E-state index >= 15 is 0 Å². The molecule has 0 saturated heterocycles. The number of hydrogen-bond acceptors (Lipinski definition) is 6. The van der Waals surface area contributed by atoms with E-state index in [2.05, 4.69) is 9.97 Å². The van der Waals surface area contributed by atoms with Crippen LogP contribution in [0.5, 0.6) is 11.5 Å². The van der Waals surface area contributed by atoms with Gasteiger partial charge in [0.2, 0.25) is 0 Å². The number of benzene rings is 2. The van der Waals surface area contributed by atoms with E-state index in [4.69, 9.17) is 9.47 Å². The Morgan fingerprint density at radius 2 is 1.86 bits per heavy atom. The van der Waals surface area contributed by atoms with Gasteiger partial charge < -0.3 is 9.47 Å². The van der Waals surface area contributed by atoms with E-state index in [1.807, 2.05) is 26.8 Å². The fourth-order valence-corrected chi connectivity index (χ4v) is 4.04. The predicted molar refractivity (Wildman–Crippen MR) is 104 cm³/mol. The number of aromatic nitrogens is 2. The first-order valence-corrected chi connectivity index (χ1v) is 10.3. The van der Waals surface area contributed by atoms with Crippen molar-refractivity contribution in [1.82, 2.24) is 9.97 Å². The fourth-order valence-electron chi connectivity index (χ4n) is 3.33. The summed E-state index contributed by atoms with van der Waals surface area (Å²) in [6.07, 6.45) is -0.158. The molecule has 1 aromatic heterocycles. The molecule has 4 rings (SSSR count). The van der Waals surface area contributed by atoms with Crippen LogP contribution in [0.15, 0.2) is 35.2 Å².